The maximum absolute atomic E-state index is 12.7. The predicted octanol–water partition coefficient (Wildman–Crippen LogP) is 15.7. The summed E-state index contributed by atoms with van der Waals surface area (Å²) in [5, 5.41) is 0. The Hall–Kier alpha value is -3.44. The molecule has 0 saturated heterocycles. The van der Waals surface area contributed by atoms with Crippen LogP contribution in [-0.2, 0) is 23.8 Å². The summed E-state index contributed by atoms with van der Waals surface area (Å²) in [4.78, 5) is 25.2. The van der Waals surface area contributed by atoms with E-state index in [9.17, 15) is 9.59 Å². The fraction of sp³-hybridized carbons (Fsp3) is 0.623. The number of unbranched alkanes of at least 4 members (excludes halogenated alkanes) is 12. The molecular weight excluding hydrogens is 717 g/mol. The number of hydrogen-bond acceptors (Lipinski definition) is 5. The summed E-state index contributed by atoms with van der Waals surface area (Å²) in [6.45, 7) is 7.46. The molecule has 0 aliphatic heterocycles. The zero-order valence-corrected chi connectivity index (χ0v) is 37.5. The van der Waals surface area contributed by atoms with Gasteiger partial charge in [-0.25, -0.2) is 0 Å². The molecule has 0 aromatic heterocycles. The van der Waals surface area contributed by atoms with E-state index in [-0.39, 0.29) is 31.6 Å². The molecule has 5 heteroatoms. The number of allylic oxidation sites excluding steroid dienone is 18. The molecule has 58 heavy (non-hydrogen) atoms. The quantitative estimate of drug-likeness (QED) is 0.0350. The third kappa shape index (κ3) is 45.3. The summed E-state index contributed by atoms with van der Waals surface area (Å²) in [5.41, 5.74) is 0. The van der Waals surface area contributed by atoms with Gasteiger partial charge in [0.1, 0.15) is 6.61 Å². The number of carbonyl (C=O) groups excluding carboxylic acids is 2. The Morgan fingerprint density at radius 1 is 0.397 bits per heavy atom. The number of carbonyl (C=O) groups is 2. The Morgan fingerprint density at radius 2 is 0.810 bits per heavy atom. The first kappa shape index (κ1) is 54.6. The molecule has 0 saturated carbocycles. The van der Waals surface area contributed by atoms with Crippen LogP contribution in [0, 0.1) is 0 Å². The minimum Gasteiger partial charge on any atom is -0.462 e. The second-order valence-electron chi connectivity index (χ2n) is 14.9. The Morgan fingerprint density at radius 3 is 1.29 bits per heavy atom. The zero-order chi connectivity index (χ0) is 42.1. The Kier molecular flexibility index (Phi) is 45.1. The number of hydrogen-bond donors (Lipinski definition) is 0. The maximum Gasteiger partial charge on any atom is 0.306 e. The van der Waals surface area contributed by atoms with Gasteiger partial charge in [-0.05, 0) is 89.9 Å². The molecule has 0 radical (unpaired) electrons. The highest BCUT2D eigenvalue weighted by Gasteiger charge is 2.17. The van der Waals surface area contributed by atoms with Crippen LogP contribution in [0.3, 0.4) is 0 Å². The minimum atomic E-state index is -0.590. The van der Waals surface area contributed by atoms with E-state index in [2.05, 4.69) is 124 Å². The van der Waals surface area contributed by atoms with Crippen molar-refractivity contribution >= 4 is 11.9 Å². The van der Waals surface area contributed by atoms with Crippen LogP contribution in [0.25, 0.3) is 0 Å². The highest BCUT2D eigenvalue weighted by atomic mass is 16.6. The van der Waals surface area contributed by atoms with Crippen LogP contribution in [0.4, 0.5) is 0 Å². The normalized spacial score (nSPS) is 13.2. The van der Waals surface area contributed by atoms with Crippen molar-refractivity contribution < 1.29 is 23.8 Å². The second kappa shape index (κ2) is 47.9. The average molecular weight is 803 g/mol. The molecule has 5 nitrogen and oxygen atoms in total. The lowest BCUT2D eigenvalue weighted by Gasteiger charge is -2.18. The zero-order valence-electron chi connectivity index (χ0n) is 37.5. The monoisotopic (exact) mass is 803 g/mol. The third-order valence-corrected chi connectivity index (χ3v) is 9.32. The smallest absolute Gasteiger partial charge is 0.306 e. The van der Waals surface area contributed by atoms with E-state index in [0.29, 0.717) is 19.4 Å². The first-order valence-electron chi connectivity index (χ1n) is 23.4. The molecule has 0 amide bonds. The average Bonchev–Trinajstić information content (AvgIpc) is 3.22. The van der Waals surface area contributed by atoms with Gasteiger partial charge >= 0.3 is 11.9 Å². The van der Waals surface area contributed by atoms with Crippen molar-refractivity contribution in [1.29, 1.82) is 0 Å². The van der Waals surface area contributed by atoms with E-state index < -0.39 is 6.10 Å². The van der Waals surface area contributed by atoms with E-state index in [1.807, 2.05) is 6.08 Å². The van der Waals surface area contributed by atoms with Crippen molar-refractivity contribution in [3.63, 3.8) is 0 Å². The van der Waals surface area contributed by atoms with Gasteiger partial charge in [0.15, 0.2) is 6.10 Å². The van der Waals surface area contributed by atoms with Gasteiger partial charge in [-0.15, -0.1) is 0 Å². The summed E-state index contributed by atoms with van der Waals surface area (Å²) in [5.74, 6) is -0.536. The van der Waals surface area contributed by atoms with Gasteiger partial charge in [-0.1, -0.05) is 194 Å². The van der Waals surface area contributed by atoms with Crippen molar-refractivity contribution in [3.05, 3.63) is 109 Å². The molecule has 0 N–H and O–H groups in total. The van der Waals surface area contributed by atoms with E-state index in [0.717, 1.165) is 96.3 Å². The number of ether oxygens (including phenoxy) is 3. The summed E-state index contributed by atoms with van der Waals surface area (Å²) < 4.78 is 17.2. The highest BCUT2D eigenvalue weighted by Crippen LogP contribution is 2.12. The lowest BCUT2D eigenvalue weighted by molar-refractivity contribution is -0.162. The maximum atomic E-state index is 12.7. The van der Waals surface area contributed by atoms with Crippen LogP contribution in [0.2, 0.25) is 0 Å². The molecule has 328 valence electrons. The molecule has 0 spiro atoms. The summed E-state index contributed by atoms with van der Waals surface area (Å²) in [7, 11) is 0. The largest absolute Gasteiger partial charge is 0.462 e. The van der Waals surface area contributed by atoms with Gasteiger partial charge in [0, 0.05) is 19.4 Å². The Balaban J connectivity index is 4.39. The van der Waals surface area contributed by atoms with E-state index in [4.69, 9.17) is 14.2 Å². The SMILES string of the molecule is CC/C=C\C/C=C\C/C=C\C/C=C\C/C=C\CCCCCC(=O)OCC(COCCCCCCCCCCCC)OC(=O)CC/C=C\C/C=C\C/C=C\C/C=C\CC. The molecular formula is C53H86O5. The lowest BCUT2D eigenvalue weighted by atomic mass is 10.1. The second-order valence-corrected chi connectivity index (χ2v) is 14.9. The Labute approximate surface area is 357 Å². The van der Waals surface area contributed by atoms with Crippen LogP contribution in [0.1, 0.15) is 188 Å². The topological polar surface area (TPSA) is 61.8 Å². The third-order valence-electron chi connectivity index (χ3n) is 9.32. The molecule has 0 aliphatic rings. The molecule has 0 fully saturated rings. The van der Waals surface area contributed by atoms with Crippen LogP contribution < -0.4 is 0 Å². The first-order valence-corrected chi connectivity index (χ1v) is 23.4. The van der Waals surface area contributed by atoms with E-state index >= 15 is 0 Å². The number of rotatable bonds is 41. The molecule has 0 rings (SSSR count). The minimum absolute atomic E-state index is 0.0343. The van der Waals surface area contributed by atoms with Gasteiger partial charge < -0.3 is 14.2 Å². The standard InChI is InChI=1S/C53H86O5/c1-4-7-10-13-16-19-22-24-25-26-27-28-29-31-32-34-37-40-43-46-52(54)57-50-51(49-56-48-45-42-39-36-21-18-15-12-9-6-3)58-53(55)47-44-41-38-35-33-30-23-20-17-14-11-8-5-2/h7-8,10-11,16-17,19-20,24-25,27-28,30-33,38,41,51H,4-6,9,12-15,18,21-23,26,29,34-37,39-40,42-50H2,1-3H3/b10-7-,11-8-,19-16-,20-17-,25-24-,28-27-,32-31-,33-30-,41-38-. The van der Waals surface area contributed by atoms with Crippen LogP contribution in [0.5, 0.6) is 0 Å². The van der Waals surface area contributed by atoms with Gasteiger partial charge in [0.25, 0.3) is 0 Å². The van der Waals surface area contributed by atoms with Gasteiger partial charge in [0.05, 0.1) is 6.61 Å². The van der Waals surface area contributed by atoms with Crippen molar-refractivity contribution in [2.24, 2.45) is 0 Å². The van der Waals surface area contributed by atoms with Crippen molar-refractivity contribution in [2.75, 3.05) is 19.8 Å². The molecule has 0 aliphatic carbocycles. The van der Waals surface area contributed by atoms with Crippen molar-refractivity contribution in [3.8, 4) is 0 Å². The van der Waals surface area contributed by atoms with Gasteiger partial charge in [-0.3, -0.25) is 9.59 Å². The fourth-order valence-electron chi connectivity index (χ4n) is 5.90. The first-order chi connectivity index (χ1) is 28.6. The highest BCUT2D eigenvalue weighted by molar-refractivity contribution is 5.70. The van der Waals surface area contributed by atoms with Crippen LogP contribution >= 0.6 is 0 Å². The molecule has 1 unspecified atom stereocenters. The molecule has 1 atom stereocenters. The molecule has 0 aromatic rings. The van der Waals surface area contributed by atoms with Gasteiger partial charge in [-0.2, -0.15) is 0 Å². The molecule has 0 heterocycles. The van der Waals surface area contributed by atoms with Crippen LogP contribution in [-0.4, -0.2) is 37.9 Å². The summed E-state index contributed by atoms with van der Waals surface area (Å²) in [6.07, 6.45) is 65.3. The van der Waals surface area contributed by atoms with E-state index in [1.165, 1.54) is 51.4 Å². The summed E-state index contributed by atoms with van der Waals surface area (Å²) >= 11 is 0. The van der Waals surface area contributed by atoms with Crippen molar-refractivity contribution in [1.82, 2.24) is 0 Å². The Bertz CT molecular complexity index is 1180. The van der Waals surface area contributed by atoms with Crippen molar-refractivity contribution in [2.45, 2.75) is 194 Å². The van der Waals surface area contributed by atoms with E-state index in [1.54, 1.807) is 0 Å². The predicted molar refractivity (Wildman–Crippen MR) is 251 cm³/mol. The van der Waals surface area contributed by atoms with Crippen LogP contribution in [0.15, 0.2) is 109 Å². The fourth-order valence-corrected chi connectivity index (χ4v) is 5.90. The summed E-state index contributed by atoms with van der Waals surface area (Å²) in [6, 6.07) is 0. The molecule has 0 aromatic carbocycles. The lowest BCUT2D eigenvalue weighted by Crippen LogP contribution is -2.30. The van der Waals surface area contributed by atoms with Gasteiger partial charge in [0.2, 0.25) is 0 Å². The molecule has 0 bridgehead atoms. The number of esters is 2.